The minimum Gasteiger partial charge on any atom is -0.388 e. The summed E-state index contributed by atoms with van der Waals surface area (Å²) in [5.41, 5.74) is -0.0298. The van der Waals surface area contributed by atoms with Crippen LogP contribution < -0.4 is 5.32 Å². The van der Waals surface area contributed by atoms with Crippen molar-refractivity contribution in [3.05, 3.63) is 47.2 Å². The molecule has 1 unspecified atom stereocenters. The van der Waals surface area contributed by atoms with E-state index in [0.29, 0.717) is 37.7 Å². The summed E-state index contributed by atoms with van der Waals surface area (Å²) in [6.45, 7) is 9.87. The van der Waals surface area contributed by atoms with Crippen LogP contribution in [0.2, 0.25) is 0 Å². The van der Waals surface area contributed by atoms with Gasteiger partial charge in [0.25, 0.3) is 0 Å². The number of H-pyrrole nitrogens is 1. The molecule has 0 spiro atoms. The SMILES string of the molecule is CC(C)O[C@@]12CC[C@]3(C)[C@@]4(C)c5[nH]c6ccccc6c5C[C@@H]4C[C@H](OCC(=O)NCC4(O)CCCCC4)[C@@]3(O)C1=CC(=O)C(C)O2. The smallest absolute Gasteiger partial charge is 0.246 e. The molecule has 2 aromatic rings. The van der Waals surface area contributed by atoms with Crippen LogP contribution in [0.4, 0.5) is 0 Å². The quantitative estimate of drug-likeness (QED) is 0.346. The van der Waals surface area contributed by atoms with Crippen molar-refractivity contribution in [2.45, 2.75) is 133 Å². The predicted octanol–water partition coefficient (Wildman–Crippen LogP) is 4.76. The van der Waals surface area contributed by atoms with Crippen LogP contribution in [-0.2, 0) is 35.6 Å². The van der Waals surface area contributed by atoms with Crippen molar-refractivity contribution < 1.29 is 34.0 Å². The van der Waals surface area contributed by atoms with Crippen molar-refractivity contribution in [1.82, 2.24) is 10.3 Å². The van der Waals surface area contributed by atoms with Gasteiger partial charge in [-0.2, -0.15) is 0 Å². The lowest BCUT2D eigenvalue weighted by molar-refractivity contribution is -0.314. The maximum absolute atomic E-state index is 13.5. The van der Waals surface area contributed by atoms with Crippen molar-refractivity contribution in [2.75, 3.05) is 13.2 Å². The first-order valence-electron chi connectivity index (χ1n) is 17.3. The van der Waals surface area contributed by atoms with E-state index in [1.54, 1.807) is 13.0 Å². The first-order chi connectivity index (χ1) is 21.8. The van der Waals surface area contributed by atoms with Crippen LogP contribution in [0.1, 0.15) is 97.2 Å². The molecular formula is C37H50N2O7. The number of aromatic amines is 1. The number of fused-ring (bicyclic) bond motifs is 9. The molecule has 4 aliphatic carbocycles. The lowest BCUT2D eigenvalue weighted by Gasteiger charge is -2.68. The number of nitrogens with one attached hydrogen (secondary N) is 2. The fourth-order valence-corrected chi connectivity index (χ4v) is 10.0. The van der Waals surface area contributed by atoms with Crippen molar-refractivity contribution in [3.63, 3.8) is 0 Å². The highest BCUT2D eigenvalue weighted by Gasteiger charge is 2.76. The van der Waals surface area contributed by atoms with Gasteiger partial charge in [-0.25, -0.2) is 0 Å². The number of para-hydroxylation sites is 1. The van der Waals surface area contributed by atoms with E-state index in [-0.39, 0.29) is 36.9 Å². The normalized spacial score (nSPS) is 38.1. The highest BCUT2D eigenvalue weighted by Crippen LogP contribution is 2.71. The molecule has 3 saturated carbocycles. The van der Waals surface area contributed by atoms with Crippen LogP contribution in [-0.4, -0.2) is 75.3 Å². The van der Waals surface area contributed by atoms with E-state index in [1.807, 2.05) is 19.9 Å². The van der Waals surface area contributed by atoms with Gasteiger partial charge in [0.05, 0.1) is 17.8 Å². The molecule has 1 aliphatic heterocycles. The number of ketones is 1. The highest BCUT2D eigenvalue weighted by atomic mass is 16.7. The zero-order chi connectivity index (χ0) is 32.7. The minimum absolute atomic E-state index is 0.123. The Morgan fingerprint density at radius 1 is 1.11 bits per heavy atom. The maximum atomic E-state index is 13.5. The Labute approximate surface area is 271 Å². The van der Waals surface area contributed by atoms with Gasteiger partial charge >= 0.3 is 0 Å². The van der Waals surface area contributed by atoms with E-state index in [2.05, 4.69) is 42.3 Å². The Kier molecular flexibility index (Phi) is 7.65. The summed E-state index contributed by atoms with van der Waals surface area (Å²) in [5.74, 6) is -1.73. The van der Waals surface area contributed by atoms with Crippen LogP contribution in [0.3, 0.4) is 0 Å². The molecule has 46 heavy (non-hydrogen) atoms. The summed E-state index contributed by atoms with van der Waals surface area (Å²) < 4.78 is 19.5. The van der Waals surface area contributed by atoms with E-state index in [0.717, 1.165) is 36.9 Å². The third kappa shape index (κ3) is 4.52. The van der Waals surface area contributed by atoms with Gasteiger partial charge in [-0.3, -0.25) is 9.59 Å². The zero-order valence-corrected chi connectivity index (χ0v) is 27.9. The Morgan fingerprint density at radius 3 is 2.59 bits per heavy atom. The van der Waals surface area contributed by atoms with Gasteiger partial charge in [0.15, 0.2) is 11.6 Å². The van der Waals surface area contributed by atoms with E-state index < -0.39 is 40.0 Å². The van der Waals surface area contributed by atoms with Crippen LogP contribution in [0.25, 0.3) is 10.9 Å². The molecule has 1 amide bonds. The lowest BCUT2D eigenvalue weighted by atomic mass is 9.41. The molecule has 1 aromatic heterocycles. The van der Waals surface area contributed by atoms with Crippen LogP contribution in [0, 0.1) is 11.3 Å². The number of carbonyl (C=O) groups is 2. The standard InChI is InChI=1S/C37H50N2O7/c1-22(2)45-36-16-15-33(4)34(5)24(17-26-25-11-7-8-12-27(25)39-32(26)34)18-30(37(33,43)29(36)19-28(40)23(3)46-36)44-20-31(41)38-21-35(42)13-9-6-10-14-35/h7-8,11-12,19,22-24,30,39,42-43H,6,9-10,13-18,20-21H2,1-5H3,(H,38,41)/t23?,24-,30+,33-,34-,36-,37+/m1/s1. The van der Waals surface area contributed by atoms with E-state index in [1.165, 1.54) is 10.9 Å². The topological polar surface area (TPSA) is 130 Å². The summed E-state index contributed by atoms with van der Waals surface area (Å²) in [7, 11) is 0. The van der Waals surface area contributed by atoms with Crippen LogP contribution in [0.15, 0.2) is 35.9 Å². The molecular weight excluding hydrogens is 584 g/mol. The molecule has 9 heteroatoms. The molecule has 5 aliphatic rings. The van der Waals surface area contributed by atoms with Crippen LogP contribution in [0.5, 0.6) is 0 Å². The molecule has 0 bridgehead atoms. The van der Waals surface area contributed by atoms with Crippen molar-refractivity contribution in [2.24, 2.45) is 11.3 Å². The third-order valence-electron chi connectivity index (χ3n) is 12.6. The summed E-state index contributed by atoms with van der Waals surface area (Å²) in [6.07, 6.45) is 6.45. The van der Waals surface area contributed by atoms with Crippen LogP contribution >= 0.6 is 0 Å². The molecule has 7 atom stereocenters. The number of benzene rings is 1. The Balaban J connectivity index is 1.29. The molecule has 250 valence electrons. The fourth-order valence-electron chi connectivity index (χ4n) is 10.0. The monoisotopic (exact) mass is 634 g/mol. The van der Waals surface area contributed by atoms with E-state index in [9.17, 15) is 19.8 Å². The molecule has 2 heterocycles. The van der Waals surface area contributed by atoms with Gasteiger partial charge in [-0.1, -0.05) is 51.3 Å². The van der Waals surface area contributed by atoms with Gasteiger partial charge < -0.3 is 34.7 Å². The number of amides is 1. The second-order valence-electron chi connectivity index (χ2n) is 15.5. The second kappa shape index (κ2) is 11.0. The summed E-state index contributed by atoms with van der Waals surface area (Å²) >= 11 is 0. The van der Waals surface area contributed by atoms with Gasteiger partial charge in [-0.15, -0.1) is 0 Å². The molecule has 0 radical (unpaired) electrons. The number of ether oxygens (including phenoxy) is 3. The molecule has 7 rings (SSSR count). The average Bonchev–Trinajstić information content (AvgIpc) is 3.52. The first kappa shape index (κ1) is 32.0. The van der Waals surface area contributed by atoms with Crippen molar-refractivity contribution >= 4 is 22.6 Å². The van der Waals surface area contributed by atoms with E-state index >= 15 is 0 Å². The molecule has 4 N–H and O–H groups in total. The Morgan fingerprint density at radius 2 is 1.85 bits per heavy atom. The fraction of sp³-hybridized carbons (Fsp3) is 0.676. The third-order valence-corrected chi connectivity index (χ3v) is 12.6. The van der Waals surface area contributed by atoms with Gasteiger partial charge in [0.1, 0.15) is 18.3 Å². The van der Waals surface area contributed by atoms with E-state index in [4.69, 9.17) is 14.2 Å². The summed E-state index contributed by atoms with van der Waals surface area (Å²) in [6, 6.07) is 8.34. The number of carbonyl (C=O) groups excluding carboxylic acids is 2. The number of hydrogen-bond donors (Lipinski definition) is 4. The van der Waals surface area contributed by atoms with Gasteiger partial charge in [0.2, 0.25) is 5.91 Å². The van der Waals surface area contributed by atoms with Gasteiger partial charge in [0, 0.05) is 46.0 Å². The summed E-state index contributed by atoms with van der Waals surface area (Å²) in [5, 5.41) is 28.5. The van der Waals surface area contributed by atoms with Crippen molar-refractivity contribution in [3.8, 4) is 0 Å². The maximum Gasteiger partial charge on any atom is 0.246 e. The number of rotatable bonds is 7. The minimum atomic E-state index is -1.69. The molecule has 0 saturated heterocycles. The molecule has 1 aromatic carbocycles. The number of hydrogen-bond acceptors (Lipinski definition) is 7. The highest BCUT2D eigenvalue weighted by molar-refractivity contribution is 5.95. The summed E-state index contributed by atoms with van der Waals surface area (Å²) in [4.78, 5) is 30.3. The zero-order valence-electron chi connectivity index (χ0n) is 27.9. The second-order valence-corrected chi connectivity index (χ2v) is 15.5. The van der Waals surface area contributed by atoms with Crippen molar-refractivity contribution in [1.29, 1.82) is 0 Å². The Hall–Kier alpha value is -2.56. The molecule has 3 fully saturated rings. The average molecular weight is 635 g/mol. The predicted molar refractivity (Wildman–Crippen MR) is 173 cm³/mol. The van der Waals surface area contributed by atoms with Gasteiger partial charge in [-0.05, 0) is 76.5 Å². The number of aliphatic hydroxyl groups is 2. The first-order valence-corrected chi connectivity index (χ1v) is 17.3. The Bertz CT molecular complexity index is 1570. The largest absolute Gasteiger partial charge is 0.388 e. The molecule has 9 nitrogen and oxygen atoms in total. The lowest BCUT2D eigenvalue weighted by Crippen LogP contribution is -2.75. The number of aromatic nitrogens is 1.